The first-order chi connectivity index (χ1) is 18.1. The molecule has 0 radical (unpaired) electrons. The number of hydrogen-bond donors (Lipinski definition) is 1. The summed E-state index contributed by atoms with van der Waals surface area (Å²) in [4.78, 5) is 47.7. The molecule has 3 amide bonds. The highest BCUT2D eigenvalue weighted by Crippen LogP contribution is 2.65. The third-order valence-corrected chi connectivity index (χ3v) is 8.94. The summed E-state index contributed by atoms with van der Waals surface area (Å²) in [6.07, 6.45) is 8.57. The van der Waals surface area contributed by atoms with E-state index in [1.807, 2.05) is 20.8 Å². The molecule has 8 nitrogen and oxygen atoms in total. The molecule has 3 heterocycles. The van der Waals surface area contributed by atoms with E-state index in [0.717, 1.165) is 19.3 Å². The van der Waals surface area contributed by atoms with E-state index in [4.69, 9.17) is 4.74 Å². The first-order valence-corrected chi connectivity index (χ1v) is 14.5. The summed E-state index contributed by atoms with van der Waals surface area (Å²) in [6.45, 7) is 16.9. The number of fused-ring (bicyclic) bond motifs is 1. The van der Waals surface area contributed by atoms with Crippen LogP contribution >= 0.6 is 0 Å². The van der Waals surface area contributed by atoms with E-state index in [1.54, 1.807) is 33.9 Å². The predicted octanol–water partition coefficient (Wildman–Crippen LogP) is 3.40. The fourth-order valence-electron chi connectivity index (χ4n) is 7.22. The number of unbranched alkanes of at least 4 members (excludes halogenated alkanes) is 2. The Bertz CT molecular complexity index is 906. The Morgan fingerprint density at radius 2 is 1.84 bits per heavy atom. The van der Waals surface area contributed by atoms with Gasteiger partial charge >= 0.3 is 0 Å². The van der Waals surface area contributed by atoms with Crippen LogP contribution < -0.4 is 0 Å². The molecule has 0 aromatic rings. The van der Waals surface area contributed by atoms with Crippen molar-refractivity contribution < 1.29 is 24.2 Å². The highest BCUT2D eigenvalue weighted by molar-refractivity contribution is 5.99. The fraction of sp³-hybridized carbons (Fsp3) is 0.767. The zero-order valence-corrected chi connectivity index (χ0v) is 24.2. The molecule has 0 aliphatic carbocycles. The summed E-state index contributed by atoms with van der Waals surface area (Å²) in [5, 5.41) is 10.5. The molecular weight excluding hydrogens is 482 g/mol. The second-order valence-electron chi connectivity index (χ2n) is 11.8. The summed E-state index contributed by atoms with van der Waals surface area (Å²) in [5.74, 6) is -1.78. The molecule has 2 unspecified atom stereocenters. The molecule has 3 fully saturated rings. The van der Waals surface area contributed by atoms with Crippen molar-refractivity contribution >= 4 is 17.7 Å². The second kappa shape index (κ2) is 12.3. The van der Waals surface area contributed by atoms with Gasteiger partial charge in [-0.2, -0.15) is 0 Å². The van der Waals surface area contributed by atoms with Crippen LogP contribution in [0.15, 0.2) is 25.3 Å². The van der Waals surface area contributed by atoms with Gasteiger partial charge in [0.25, 0.3) is 0 Å². The maximum Gasteiger partial charge on any atom is 0.248 e. The van der Waals surface area contributed by atoms with Crippen LogP contribution in [0.25, 0.3) is 0 Å². The van der Waals surface area contributed by atoms with Crippen LogP contribution in [0.2, 0.25) is 0 Å². The number of carbonyl (C=O) groups excluding carboxylic acids is 3. The average Bonchev–Trinajstić information content (AvgIpc) is 3.49. The molecule has 214 valence electrons. The number of ether oxygens (including phenoxy) is 1. The third kappa shape index (κ3) is 5.06. The van der Waals surface area contributed by atoms with Crippen LogP contribution in [0, 0.1) is 17.8 Å². The highest BCUT2D eigenvalue weighted by Gasteiger charge is 2.79. The molecule has 3 saturated heterocycles. The van der Waals surface area contributed by atoms with Gasteiger partial charge in [-0.25, -0.2) is 0 Å². The first kappa shape index (κ1) is 30.4. The van der Waals surface area contributed by atoms with Crippen molar-refractivity contribution in [2.24, 2.45) is 17.8 Å². The van der Waals surface area contributed by atoms with E-state index in [9.17, 15) is 19.5 Å². The lowest BCUT2D eigenvalue weighted by Crippen LogP contribution is -2.59. The van der Waals surface area contributed by atoms with Crippen LogP contribution in [0.1, 0.15) is 72.6 Å². The van der Waals surface area contributed by atoms with Gasteiger partial charge in [0, 0.05) is 26.7 Å². The zero-order valence-electron chi connectivity index (χ0n) is 24.2. The minimum atomic E-state index is -1.09. The molecule has 3 aliphatic heterocycles. The molecule has 0 aromatic carbocycles. The molecule has 6 atom stereocenters. The zero-order chi connectivity index (χ0) is 28.3. The highest BCUT2D eigenvalue weighted by atomic mass is 16.5. The average molecular weight is 532 g/mol. The van der Waals surface area contributed by atoms with Gasteiger partial charge in [0.2, 0.25) is 17.7 Å². The number of likely N-dealkylation sites (tertiary alicyclic amines) is 1. The van der Waals surface area contributed by atoms with Crippen LogP contribution in [-0.2, 0) is 19.1 Å². The van der Waals surface area contributed by atoms with Gasteiger partial charge in [-0.05, 0) is 38.0 Å². The molecular formula is C30H49N3O5. The van der Waals surface area contributed by atoms with Crippen LogP contribution in [-0.4, -0.2) is 94.1 Å². The Morgan fingerprint density at radius 1 is 1.16 bits per heavy atom. The van der Waals surface area contributed by atoms with E-state index in [-0.39, 0.29) is 30.2 Å². The van der Waals surface area contributed by atoms with Gasteiger partial charge < -0.3 is 24.5 Å². The van der Waals surface area contributed by atoms with E-state index in [0.29, 0.717) is 45.3 Å². The SMILES string of the molecule is C=CCN(C)C(=O)[C@@H]1[C@H]2C(=O)N([C@@H](CO)CC(C)C)C(C(=O)N(CC=C)CCCCC)C23CC[C@@]1(CC)O3. The molecule has 2 bridgehead atoms. The van der Waals surface area contributed by atoms with Crippen molar-refractivity contribution in [3.63, 3.8) is 0 Å². The fourth-order valence-corrected chi connectivity index (χ4v) is 7.22. The van der Waals surface area contributed by atoms with Gasteiger partial charge in [-0.1, -0.05) is 52.7 Å². The largest absolute Gasteiger partial charge is 0.394 e. The number of nitrogens with zero attached hydrogens (tertiary/aromatic N) is 3. The van der Waals surface area contributed by atoms with Crippen molar-refractivity contribution in [2.75, 3.05) is 33.3 Å². The molecule has 3 rings (SSSR count). The molecule has 1 spiro atoms. The van der Waals surface area contributed by atoms with Crippen molar-refractivity contribution in [1.29, 1.82) is 0 Å². The molecule has 3 aliphatic rings. The lowest BCUT2D eigenvalue weighted by molar-refractivity contribution is -0.158. The molecule has 8 heteroatoms. The smallest absolute Gasteiger partial charge is 0.248 e. The third-order valence-electron chi connectivity index (χ3n) is 8.94. The number of hydrogen-bond acceptors (Lipinski definition) is 5. The van der Waals surface area contributed by atoms with Crippen LogP contribution in [0.4, 0.5) is 0 Å². The minimum absolute atomic E-state index is 0.143. The Balaban J connectivity index is 2.13. The maximum absolute atomic E-state index is 14.4. The summed E-state index contributed by atoms with van der Waals surface area (Å²) in [6, 6.07) is -1.41. The standard InChI is InChI=1S/C30H49N3O5/c1-8-12-13-18-32(17-10-3)28(37)25-30-15-14-29(11-4,38-30)23(26(35)31(7)16-9-2)24(30)27(36)33(25)22(20-34)19-21(5)6/h9-10,21-25,34H,2-3,8,11-20H2,1,4-7H3/t22-,23+,24+,25?,29-,30?/m1/s1. The van der Waals surface area contributed by atoms with Crippen molar-refractivity contribution in [1.82, 2.24) is 14.7 Å². The quantitative estimate of drug-likeness (QED) is 0.258. The molecule has 0 saturated carbocycles. The summed E-state index contributed by atoms with van der Waals surface area (Å²) in [7, 11) is 1.72. The van der Waals surface area contributed by atoms with E-state index in [1.165, 1.54) is 0 Å². The first-order valence-electron chi connectivity index (χ1n) is 14.5. The maximum atomic E-state index is 14.4. The Hall–Kier alpha value is -2.19. The Labute approximate surface area is 229 Å². The summed E-state index contributed by atoms with van der Waals surface area (Å²) >= 11 is 0. The summed E-state index contributed by atoms with van der Waals surface area (Å²) < 4.78 is 6.88. The van der Waals surface area contributed by atoms with Crippen LogP contribution in [0.5, 0.6) is 0 Å². The number of carbonyl (C=O) groups is 3. The van der Waals surface area contributed by atoms with Crippen molar-refractivity contribution in [3.05, 3.63) is 25.3 Å². The minimum Gasteiger partial charge on any atom is -0.394 e. The van der Waals surface area contributed by atoms with Gasteiger partial charge in [0.15, 0.2) is 0 Å². The van der Waals surface area contributed by atoms with Gasteiger partial charge in [0.05, 0.1) is 30.1 Å². The predicted molar refractivity (Wildman–Crippen MR) is 148 cm³/mol. The van der Waals surface area contributed by atoms with Crippen molar-refractivity contribution in [3.8, 4) is 0 Å². The number of amides is 3. The van der Waals surface area contributed by atoms with E-state index >= 15 is 0 Å². The second-order valence-corrected chi connectivity index (χ2v) is 11.8. The number of rotatable bonds is 15. The lowest BCUT2D eigenvalue weighted by atomic mass is 9.64. The lowest BCUT2D eigenvalue weighted by Gasteiger charge is -2.40. The normalized spacial score (nSPS) is 30.4. The van der Waals surface area contributed by atoms with Crippen LogP contribution in [0.3, 0.4) is 0 Å². The number of aliphatic hydroxyl groups is 1. The van der Waals surface area contributed by atoms with Gasteiger partial charge in [-0.15, -0.1) is 13.2 Å². The molecule has 0 aromatic heterocycles. The van der Waals surface area contributed by atoms with E-state index in [2.05, 4.69) is 20.1 Å². The van der Waals surface area contributed by atoms with Gasteiger partial charge in [-0.3, -0.25) is 14.4 Å². The number of likely N-dealkylation sites (N-methyl/N-ethyl adjacent to an activating group) is 1. The van der Waals surface area contributed by atoms with Crippen molar-refractivity contribution in [2.45, 2.75) is 95.9 Å². The topological polar surface area (TPSA) is 90.4 Å². The Kier molecular flexibility index (Phi) is 9.85. The molecule has 38 heavy (non-hydrogen) atoms. The van der Waals surface area contributed by atoms with Gasteiger partial charge in [0.1, 0.15) is 11.6 Å². The Morgan fingerprint density at radius 3 is 2.39 bits per heavy atom. The molecule has 1 N–H and O–H groups in total. The van der Waals surface area contributed by atoms with E-state index < -0.39 is 35.1 Å². The monoisotopic (exact) mass is 531 g/mol. The number of aliphatic hydroxyl groups excluding tert-OH is 1. The summed E-state index contributed by atoms with van der Waals surface area (Å²) in [5.41, 5.74) is -1.87.